The molecule has 2 aromatic rings. The van der Waals surface area contributed by atoms with Crippen LogP contribution in [0.15, 0.2) is 16.5 Å². The predicted molar refractivity (Wildman–Crippen MR) is 61.1 cm³/mol. The SMILES string of the molecule is Cc1ccc(CCNc2nnc(N)n2C)o1. The van der Waals surface area contributed by atoms with Crippen molar-refractivity contribution in [2.75, 3.05) is 17.6 Å². The fraction of sp³-hybridized carbons (Fsp3) is 0.400. The first-order chi connectivity index (χ1) is 7.66. The number of hydrogen-bond donors (Lipinski definition) is 2. The van der Waals surface area contributed by atoms with Crippen molar-refractivity contribution in [3.05, 3.63) is 23.7 Å². The van der Waals surface area contributed by atoms with E-state index in [2.05, 4.69) is 15.5 Å². The van der Waals surface area contributed by atoms with Gasteiger partial charge >= 0.3 is 0 Å². The zero-order valence-corrected chi connectivity index (χ0v) is 9.40. The van der Waals surface area contributed by atoms with Crippen molar-refractivity contribution < 1.29 is 4.42 Å². The second-order valence-corrected chi connectivity index (χ2v) is 3.63. The van der Waals surface area contributed by atoms with E-state index in [1.165, 1.54) is 0 Å². The van der Waals surface area contributed by atoms with E-state index in [9.17, 15) is 0 Å². The fourth-order valence-electron chi connectivity index (χ4n) is 1.41. The monoisotopic (exact) mass is 221 g/mol. The maximum Gasteiger partial charge on any atom is 0.225 e. The molecule has 0 spiro atoms. The summed E-state index contributed by atoms with van der Waals surface area (Å²) in [6.45, 7) is 2.67. The Balaban J connectivity index is 1.86. The van der Waals surface area contributed by atoms with E-state index in [4.69, 9.17) is 10.2 Å². The molecule has 2 heterocycles. The van der Waals surface area contributed by atoms with Gasteiger partial charge in [0.25, 0.3) is 0 Å². The number of rotatable bonds is 4. The smallest absolute Gasteiger partial charge is 0.225 e. The fourth-order valence-corrected chi connectivity index (χ4v) is 1.41. The molecule has 86 valence electrons. The Hall–Kier alpha value is -1.98. The number of anilines is 2. The third-order valence-corrected chi connectivity index (χ3v) is 2.36. The second-order valence-electron chi connectivity index (χ2n) is 3.63. The Labute approximate surface area is 93.5 Å². The molecule has 0 radical (unpaired) electrons. The largest absolute Gasteiger partial charge is 0.466 e. The van der Waals surface area contributed by atoms with E-state index in [1.807, 2.05) is 26.1 Å². The Kier molecular flexibility index (Phi) is 2.80. The zero-order chi connectivity index (χ0) is 11.5. The third kappa shape index (κ3) is 2.16. The highest BCUT2D eigenvalue weighted by Crippen LogP contribution is 2.08. The lowest BCUT2D eigenvalue weighted by atomic mass is 10.3. The number of nitrogens with two attached hydrogens (primary N) is 1. The van der Waals surface area contributed by atoms with Crippen LogP contribution in [0, 0.1) is 6.92 Å². The van der Waals surface area contributed by atoms with Crippen molar-refractivity contribution in [1.82, 2.24) is 14.8 Å². The van der Waals surface area contributed by atoms with Crippen molar-refractivity contribution in [1.29, 1.82) is 0 Å². The first-order valence-electron chi connectivity index (χ1n) is 5.11. The summed E-state index contributed by atoms with van der Waals surface area (Å²) in [5, 5.41) is 10.8. The first-order valence-corrected chi connectivity index (χ1v) is 5.11. The van der Waals surface area contributed by atoms with Gasteiger partial charge in [0, 0.05) is 20.0 Å². The Bertz CT molecular complexity index is 473. The lowest BCUT2D eigenvalue weighted by Crippen LogP contribution is -2.09. The van der Waals surface area contributed by atoms with Crippen LogP contribution in [-0.2, 0) is 13.5 Å². The molecule has 0 saturated heterocycles. The van der Waals surface area contributed by atoms with Crippen LogP contribution in [0.4, 0.5) is 11.9 Å². The first kappa shape index (κ1) is 10.5. The maximum absolute atomic E-state index is 5.56. The normalized spacial score (nSPS) is 10.6. The second kappa shape index (κ2) is 4.26. The van der Waals surface area contributed by atoms with Crippen LogP contribution in [-0.4, -0.2) is 21.3 Å². The van der Waals surface area contributed by atoms with Crippen molar-refractivity contribution >= 4 is 11.9 Å². The standard InChI is InChI=1S/C10H15N5O/c1-7-3-4-8(16-7)5-6-12-10-14-13-9(11)15(10)2/h3-4H,5-6H2,1-2H3,(H2,11,13)(H,12,14). The van der Waals surface area contributed by atoms with Gasteiger partial charge in [0.1, 0.15) is 11.5 Å². The number of nitrogen functional groups attached to an aromatic ring is 1. The van der Waals surface area contributed by atoms with Gasteiger partial charge in [-0.25, -0.2) is 0 Å². The number of furan rings is 1. The average molecular weight is 221 g/mol. The lowest BCUT2D eigenvalue weighted by molar-refractivity contribution is 0.486. The summed E-state index contributed by atoms with van der Waals surface area (Å²) in [5.41, 5.74) is 5.56. The number of aryl methyl sites for hydroxylation is 1. The summed E-state index contributed by atoms with van der Waals surface area (Å²) in [6.07, 6.45) is 0.806. The summed E-state index contributed by atoms with van der Waals surface area (Å²) >= 11 is 0. The molecule has 6 nitrogen and oxygen atoms in total. The van der Waals surface area contributed by atoms with Crippen molar-refractivity contribution in [2.24, 2.45) is 7.05 Å². The molecule has 0 bridgehead atoms. The van der Waals surface area contributed by atoms with Gasteiger partial charge in [-0.3, -0.25) is 4.57 Å². The van der Waals surface area contributed by atoms with Crippen LogP contribution in [0.3, 0.4) is 0 Å². The molecule has 0 amide bonds. The van der Waals surface area contributed by atoms with Crippen LogP contribution >= 0.6 is 0 Å². The maximum atomic E-state index is 5.56. The van der Waals surface area contributed by atoms with Gasteiger partial charge in [-0.2, -0.15) is 0 Å². The highest BCUT2D eigenvalue weighted by atomic mass is 16.3. The minimum atomic E-state index is 0.399. The molecular formula is C10H15N5O. The quantitative estimate of drug-likeness (QED) is 0.803. The summed E-state index contributed by atoms with van der Waals surface area (Å²) in [5.74, 6) is 2.95. The molecule has 6 heteroatoms. The molecule has 0 aliphatic rings. The molecular weight excluding hydrogens is 206 g/mol. The van der Waals surface area contributed by atoms with E-state index < -0.39 is 0 Å². The van der Waals surface area contributed by atoms with Gasteiger partial charge in [0.2, 0.25) is 11.9 Å². The summed E-state index contributed by atoms with van der Waals surface area (Å²) in [7, 11) is 1.81. The Morgan fingerprint density at radius 3 is 2.81 bits per heavy atom. The molecule has 2 rings (SSSR count). The molecule has 0 aliphatic heterocycles. The van der Waals surface area contributed by atoms with Gasteiger partial charge in [0.15, 0.2) is 0 Å². The Morgan fingerprint density at radius 2 is 2.25 bits per heavy atom. The molecule has 0 saturated carbocycles. The van der Waals surface area contributed by atoms with Gasteiger partial charge in [-0.1, -0.05) is 0 Å². The van der Waals surface area contributed by atoms with E-state index >= 15 is 0 Å². The number of nitrogens with zero attached hydrogens (tertiary/aromatic N) is 3. The van der Waals surface area contributed by atoms with Crippen molar-refractivity contribution in [3.8, 4) is 0 Å². The van der Waals surface area contributed by atoms with Crippen LogP contribution in [0.5, 0.6) is 0 Å². The van der Waals surface area contributed by atoms with Crippen LogP contribution < -0.4 is 11.1 Å². The van der Waals surface area contributed by atoms with E-state index in [0.717, 1.165) is 24.5 Å². The topological polar surface area (TPSA) is 81.9 Å². The van der Waals surface area contributed by atoms with Gasteiger partial charge in [0.05, 0.1) is 0 Å². The minimum absolute atomic E-state index is 0.399. The highest BCUT2D eigenvalue weighted by molar-refractivity contribution is 5.33. The average Bonchev–Trinajstić information content (AvgIpc) is 2.79. The van der Waals surface area contributed by atoms with Gasteiger partial charge in [-0.15, -0.1) is 10.2 Å². The number of hydrogen-bond acceptors (Lipinski definition) is 5. The van der Waals surface area contributed by atoms with E-state index in [1.54, 1.807) is 4.57 Å². The molecule has 2 aromatic heterocycles. The molecule has 0 atom stereocenters. The highest BCUT2D eigenvalue weighted by Gasteiger charge is 2.04. The van der Waals surface area contributed by atoms with Crippen molar-refractivity contribution in [3.63, 3.8) is 0 Å². The Morgan fingerprint density at radius 1 is 1.44 bits per heavy atom. The summed E-state index contributed by atoms with van der Waals surface area (Å²) < 4.78 is 7.15. The molecule has 0 fully saturated rings. The molecule has 16 heavy (non-hydrogen) atoms. The number of nitrogens with one attached hydrogen (secondary N) is 1. The van der Waals surface area contributed by atoms with Crippen molar-refractivity contribution in [2.45, 2.75) is 13.3 Å². The van der Waals surface area contributed by atoms with E-state index in [-0.39, 0.29) is 0 Å². The summed E-state index contributed by atoms with van der Waals surface area (Å²) in [4.78, 5) is 0. The molecule has 0 aromatic carbocycles. The van der Waals surface area contributed by atoms with Crippen LogP contribution in [0.2, 0.25) is 0 Å². The molecule has 0 unspecified atom stereocenters. The summed E-state index contributed by atoms with van der Waals surface area (Å²) in [6, 6.07) is 3.93. The number of aromatic nitrogens is 3. The van der Waals surface area contributed by atoms with E-state index in [0.29, 0.717) is 11.9 Å². The third-order valence-electron chi connectivity index (χ3n) is 2.36. The molecule has 0 aliphatic carbocycles. The predicted octanol–water partition coefficient (Wildman–Crippen LogP) is 0.953. The van der Waals surface area contributed by atoms with Crippen LogP contribution in [0.25, 0.3) is 0 Å². The lowest BCUT2D eigenvalue weighted by Gasteiger charge is -2.03. The zero-order valence-electron chi connectivity index (χ0n) is 9.40. The van der Waals surface area contributed by atoms with Crippen LogP contribution in [0.1, 0.15) is 11.5 Å². The van der Waals surface area contributed by atoms with Gasteiger partial charge in [-0.05, 0) is 19.1 Å². The molecule has 3 N–H and O–H groups in total. The minimum Gasteiger partial charge on any atom is -0.466 e. The van der Waals surface area contributed by atoms with Gasteiger partial charge < -0.3 is 15.5 Å².